The highest BCUT2D eigenvalue weighted by Gasteiger charge is 2.14. The minimum Gasteiger partial charge on any atom is -0.497 e. The molecule has 0 saturated carbocycles. The SMILES string of the molecule is COc1ccc2cc(CCc3ccccc3)c(=O)n(CC(=O)Nc3cc(Cl)ccc3C)c2c1. The number of carbonyl (C=O) groups excluding carboxylic acids is 1. The normalized spacial score (nSPS) is 10.9. The number of pyridine rings is 1. The number of nitrogens with zero attached hydrogens (tertiary/aromatic N) is 1. The first-order chi connectivity index (χ1) is 15.9. The lowest BCUT2D eigenvalue weighted by Gasteiger charge is -2.15. The molecule has 0 saturated heterocycles. The first kappa shape index (κ1) is 22.6. The van der Waals surface area contributed by atoms with Crippen LogP contribution in [0.4, 0.5) is 5.69 Å². The van der Waals surface area contributed by atoms with Gasteiger partial charge in [0.15, 0.2) is 0 Å². The summed E-state index contributed by atoms with van der Waals surface area (Å²) in [6, 6.07) is 22.8. The van der Waals surface area contributed by atoms with E-state index >= 15 is 0 Å². The minimum absolute atomic E-state index is 0.117. The molecule has 4 aromatic rings. The van der Waals surface area contributed by atoms with E-state index in [0.717, 1.165) is 22.9 Å². The quantitative estimate of drug-likeness (QED) is 0.402. The van der Waals surface area contributed by atoms with Crippen LogP contribution in [-0.4, -0.2) is 17.6 Å². The minimum atomic E-state index is -0.299. The van der Waals surface area contributed by atoms with E-state index in [1.54, 1.807) is 25.3 Å². The third-order valence-electron chi connectivity index (χ3n) is 5.68. The van der Waals surface area contributed by atoms with Gasteiger partial charge < -0.3 is 10.1 Å². The molecule has 1 N–H and O–H groups in total. The molecule has 1 heterocycles. The summed E-state index contributed by atoms with van der Waals surface area (Å²) in [5, 5.41) is 4.30. The molecule has 3 aromatic carbocycles. The Labute approximate surface area is 197 Å². The summed E-state index contributed by atoms with van der Waals surface area (Å²) < 4.78 is 6.87. The molecule has 5 nitrogen and oxygen atoms in total. The number of hydrogen-bond donors (Lipinski definition) is 1. The molecule has 0 fully saturated rings. The summed E-state index contributed by atoms with van der Waals surface area (Å²) in [5.74, 6) is 0.325. The molecule has 6 heteroatoms. The van der Waals surface area contributed by atoms with Crippen molar-refractivity contribution < 1.29 is 9.53 Å². The Morgan fingerprint density at radius 3 is 2.55 bits per heavy atom. The zero-order valence-corrected chi connectivity index (χ0v) is 19.4. The molecule has 0 radical (unpaired) electrons. The van der Waals surface area contributed by atoms with E-state index in [0.29, 0.717) is 34.0 Å². The number of aromatic nitrogens is 1. The molecule has 0 aliphatic rings. The number of benzene rings is 3. The van der Waals surface area contributed by atoms with Crippen LogP contribution in [0.1, 0.15) is 16.7 Å². The highest BCUT2D eigenvalue weighted by atomic mass is 35.5. The van der Waals surface area contributed by atoms with Gasteiger partial charge in [0, 0.05) is 22.3 Å². The maximum Gasteiger partial charge on any atom is 0.254 e. The van der Waals surface area contributed by atoms with Gasteiger partial charge in [-0.05, 0) is 66.6 Å². The monoisotopic (exact) mass is 460 g/mol. The summed E-state index contributed by atoms with van der Waals surface area (Å²) in [6.45, 7) is 1.77. The van der Waals surface area contributed by atoms with Crippen molar-refractivity contribution in [3.05, 3.63) is 105 Å². The number of hydrogen-bond acceptors (Lipinski definition) is 3. The van der Waals surface area contributed by atoms with E-state index in [4.69, 9.17) is 16.3 Å². The molecular weight excluding hydrogens is 436 g/mol. The highest BCUT2D eigenvalue weighted by molar-refractivity contribution is 6.31. The van der Waals surface area contributed by atoms with Crippen molar-refractivity contribution in [2.75, 3.05) is 12.4 Å². The second-order valence-electron chi connectivity index (χ2n) is 7.98. The van der Waals surface area contributed by atoms with E-state index in [1.807, 2.05) is 61.5 Å². The van der Waals surface area contributed by atoms with Gasteiger partial charge >= 0.3 is 0 Å². The second-order valence-corrected chi connectivity index (χ2v) is 8.42. The molecule has 1 aromatic heterocycles. The van der Waals surface area contributed by atoms with Crippen LogP contribution in [0.15, 0.2) is 77.6 Å². The van der Waals surface area contributed by atoms with Crippen molar-refractivity contribution in [1.82, 2.24) is 4.57 Å². The smallest absolute Gasteiger partial charge is 0.254 e. The van der Waals surface area contributed by atoms with Crippen molar-refractivity contribution in [2.45, 2.75) is 26.3 Å². The molecule has 0 unspecified atom stereocenters. The Morgan fingerprint density at radius 1 is 1.00 bits per heavy atom. The number of carbonyl (C=O) groups is 1. The number of halogens is 1. The fourth-order valence-corrected chi connectivity index (χ4v) is 4.03. The van der Waals surface area contributed by atoms with E-state index in [9.17, 15) is 9.59 Å². The molecule has 4 rings (SSSR count). The predicted molar refractivity (Wildman–Crippen MR) is 133 cm³/mol. The van der Waals surface area contributed by atoms with Crippen LogP contribution in [0.25, 0.3) is 10.9 Å². The lowest BCUT2D eigenvalue weighted by molar-refractivity contribution is -0.116. The number of nitrogens with one attached hydrogen (secondary N) is 1. The zero-order valence-electron chi connectivity index (χ0n) is 18.6. The van der Waals surface area contributed by atoms with Crippen LogP contribution >= 0.6 is 11.6 Å². The number of fused-ring (bicyclic) bond motifs is 1. The average molecular weight is 461 g/mol. The van der Waals surface area contributed by atoms with Gasteiger partial charge in [-0.3, -0.25) is 14.2 Å². The van der Waals surface area contributed by atoms with Crippen LogP contribution in [0.3, 0.4) is 0 Å². The van der Waals surface area contributed by atoms with Crippen LogP contribution < -0.4 is 15.6 Å². The second kappa shape index (κ2) is 9.92. The average Bonchev–Trinajstić information content (AvgIpc) is 2.82. The highest BCUT2D eigenvalue weighted by Crippen LogP contribution is 2.23. The fourth-order valence-electron chi connectivity index (χ4n) is 3.86. The van der Waals surface area contributed by atoms with E-state index in [2.05, 4.69) is 5.32 Å². The zero-order chi connectivity index (χ0) is 23.4. The number of aryl methyl sites for hydroxylation is 3. The van der Waals surface area contributed by atoms with E-state index in [1.165, 1.54) is 4.57 Å². The molecule has 0 aliphatic heterocycles. The summed E-state index contributed by atoms with van der Waals surface area (Å²) in [4.78, 5) is 26.4. The fraction of sp³-hybridized carbons (Fsp3) is 0.185. The predicted octanol–water partition coefficient (Wildman–Crippen LogP) is 5.40. The topological polar surface area (TPSA) is 60.3 Å². The van der Waals surface area contributed by atoms with Crippen LogP contribution in [-0.2, 0) is 24.2 Å². The van der Waals surface area contributed by atoms with Crippen molar-refractivity contribution in [3.63, 3.8) is 0 Å². The Bertz CT molecular complexity index is 1360. The van der Waals surface area contributed by atoms with E-state index < -0.39 is 0 Å². The lowest BCUT2D eigenvalue weighted by atomic mass is 10.0. The Kier molecular flexibility index (Phi) is 6.80. The third-order valence-corrected chi connectivity index (χ3v) is 5.91. The van der Waals surface area contributed by atoms with Crippen molar-refractivity contribution >= 4 is 34.1 Å². The van der Waals surface area contributed by atoms with Gasteiger partial charge in [0.05, 0.1) is 12.6 Å². The van der Waals surface area contributed by atoms with Crippen molar-refractivity contribution in [1.29, 1.82) is 0 Å². The first-order valence-corrected chi connectivity index (χ1v) is 11.1. The molecule has 1 amide bonds. The lowest BCUT2D eigenvalue weighted by Crippen LogP contribution is -2.30. The summed E-state index contributed by atoms with van der Waals surface area (Å²) >= 11 is 6.08. The number of methoxy groups -OCH3 is 1. The number of anilines is 1. The maximum atomic E-state index is 13.4. The van der Waals surface area contributed by atoms with Gasteiger partial charge in [0.25, 0.3) is 5.56 Å². The van der Waals surface area contributed by atoms with Crippen LogP contribution in [0.5, 0.6) is 5.75 Å². The summed E-state index contributed by atoms with van der Waals surface area (Å²) in [6.07, 6.45) is 1.32. The maximum absolute atomic E-state index is 13.4. The molecule has 0 spiro atoms. The van der Waals surface area contributed by atoms with Gasteiger partial charge in [-0.1, -0.05) is 48.0 Å². The van der Waals surface area contributed by atoms with Gasteiger partial charge in [-0.25, -0.2) is 0 Å². The Morgan fingerprint density at radius 2 is 1.79 bits per heavy atom. The van der Waals surface area contributed by atoms with Crippen molar-refractivity contribution in [3.8, 4) is 5.75 Å². The van der Waals surface area contributed by atoms with Gasteiger partial charge in [0.2, 0.25) is 5.91 Å². The third kappa shape index (κ3) is 5.26. The molecule has 168 valence electrons. The largest absolute Gasteiger partial charge is 0.497 e. The summed E-state index contributed by atoms with van der Waals surface area (Å²) in [5.41, 5.74) is 3.83. The molecule has 0 bridgehead atoms. The molecule has 33 heavy (non-hydrogen) atoms. The van der Waals surface area contributed by atoms with Gasteiger partial charge in [-0.2, -0.15) is 0 Å². The Balaban J connectivity index is 1.69. The number of rotatable bonds is 7. The first-order valence-electron chi connectivity index (χ1n) is 10.7. The van der Waals surface area contributed by atoms with Gasteiger partial charge in [0.1, 0.15) is 12.3 Å². The molecule has 0 atom stereocenters. The van der Waals surface area contributed by atoms with Crippen LogP contribution in [0.2, 0.25) is 5.02 Å². The Hall–Kier alpha value is -3.57. The molecular formula is C27H25ClN2O3. The standard InChI is InChI=1S/C27H25ClN2O3/c1-18-8-12-22(28)15-24(18)29-26(31)17-30-25-16-23(33-2)13-11-20(25)14-21(27(30)32)10-9-19-6-4-3-5-7-19/h3-8,11-16H,9-10,17H2,1-2H3,(H,29,31). The van der Waals surface area contributed by atoms with Crippen LogP contribution in [0, 0.1) is 6.92 Å². The number of ether oxygens (including phenoxy) is 1. The number of amides is 1. The summed E-state index contributed by atoms with van der Waals surface area (Å²) in [7, 11) is 1.58. The van der Waals surface area contributed by atoms with E-state index in [-0.39, 0.29) is 18.0 Å². The van der Waals surface area contributed by atoms with Crippen molar-refractivity contribution in [2.24, 2.45) is 0 Å². The molecule has 0 aliphatic carbocycles. The van der Waals surface area contributed by atoms with Gasteiger partial charge in [-0.15, -0.1) is 0 Å².